The summed E-state index contributed by atoms with van der Waals surface area (Å²) in [4.78, 5) is 4.20. The summed E-state index contributed by atoms with van der Waals surface area (Å²) in [6.45, 7) is 2.95. The summed E-state index contributed by atoms with van der Waals surface area (Å²) in [7, 11) is 1.70. The van der Waals surface area contributed by atoms with E-state index in [1.165, 1.54) is 5.56 Å². The van der Waals surface area contributed by atoms with E-state index < -0.39 is 0 Å². The second kappa shape index (κ2) is 6.38. The minimum Gasteiger partial charge on any atom is -0.496 e. The van der Waals surface area contributed by atoms with Gasteiger partial charge in [-0.25, -0.2) is 4.98 Å². The number of rotatable bonds is 6. The molecule has 1 aromatic carbocycles. The number of hydrogen-bond acceptors (Lipinski definition) is 3. The predicted molar refractivity (Wildman–Crippen MR) is 76.1 cm³/mol. The van der Waals surface area contributed by atoms with E-state index in [4.69, 9.17) is 10.5 Å². The molecule has 0 saturated heterocycles. The molecule has 19 heavy (non-hydrogen) atoms. The van der Waals surface area contributed by atoms with Crippen LogP contribution in [0.25, 0.3) is 0 Å². The molecule has 0 saturated carbocycles. The highest BCUT2D eigenvalue weighted by Crippen LogP contribution is 2.19. The SMILES string of the molecule is CC[C@@H](N)c1cncn1CCc1ccccc1OC. The molecule has 2 aromatic rings. The van der Waals surface area contributed by atoms with Gasteiger partial charge in [-0.05, 0) is 24.5 Å². The van der Waals surface area contributed by atoms with Gasteiger partial charge in [-0.3, -0.25) is 0 Å². The highest BCUT2D eigenvalue weighted by atomic mass is 16.5. The first kappa shape index (κ1) is 13.6. The zero-order valence-electron chi connectivity index (χ0n) is 11.5. The van der Waals surface area contributed by atoms with Crippen LogP contribution in [0.4, 0.5) is 0 Å². The number of para-hydroxylation sites is 1. The maximum absolute atomic E-state index is 6.08. The van der Waals surface area contributed by atoms with Gasteiger partial charge in [0.05, 0.1) is 19.1 Å². The Balaban J connectivity index is 2.08. The molecule has 0 aliphatic heterocycles. The summed E-state index contributed by atoms with van der Waals surface area (Å²) in [6.07, 6.45) is 5.53. The Bertz CT molecular complexity index is 522. The van der Waals surface area contributed by atoms with E-state index in [1.54, 1.807) is 7.11 Å². The lowest BCUT2D eigenvalue weighted by atomic mass is 10.1. The molecule has 0 radical (unpaired) electrons. The number of nitrogens with two attached hydrogens (primary N) is 1. The van der Waals surface area contributed by atoms with Crippen LogP contribution in [0.15, 0.2) is 36.8 Å². The minimum absolute atomic E-state index is 0.0557. The van der Waals surface area contributed by atoms with Crippen molar-refractivity contribution in [2.45, 2.75) is 32.4 Å². The third-order valence-corrected chi connectivity index (χ3v) is 3.38. The molecule has 2 N–H and O–H groups in total. The maximum Gasteiger partial charge on any atom is 0.122 e. The predicted octanol–water partition coefficient (Wildman–Crippen LogP) is 2.54. The number of aryl methyl sites for hydroxylation is 2. The molecular formula is C15H21N3O. The van der Waals surface area contributed by atoms with Crippen molar-refractivity contribution in [1.82, 2.24) is 9.55 Å². The lowest BCUT2D eigenvalue weighted by molar-refractivity contribution is 0.408. The Morgan fingerprint density at radius 3 is 2.89 bits per heavy atom. The van der Waals surface area contributed by atoms with Crippen LogP contribution < -0.4 is 10.5 Å². The number of ether oxygens (including phenoxy) is 1. The second-order valence-electron chi connectivity index (χ2n) is 4.59. The van der Waals surface area contributed by atoms with Crippen LogP contribution in [0, 0.1) is 0 Å². The number of methoxy groups -OCH3 is 1. The van der Waals surface area contributed by atoms with Crippen molar-refractivity contribution in [3.63, 3.8) is 0 Å². The lowest BCUT2D eigenvalue weighted by Crippen LogP contribution is -2.15. The molecule has 0 aliphatic rings. The van der Waals surface area contributed by atoms with Crippen LogP contribution in [-0.2, 0) is 13.0 Å². The van der Waals surface area contributed by atoms with Crippen LogP contribution in [0.3, 0.4) is 0 Å². The van der Waals surface area contributed by atoms with E-state index in [0.29, 0.717) is 0 Å². The van der Waals surface area contributed by atoms with Gasteiger partial charge in [0.1, 0.15) is 5.75 Å². The molecule has 2 rings (SSSR count). The maximum atomic E-state index is 6.08. The Kier molecular flexibility index (Phi) is 4.58. The summed E-state index contributed by atoms with van der Waals surface area (Å²) in [5.74, 6) is 0.934. The summed E-state index contributed by atoms with van der Waals surface area (Å²) < 4.78 is 7.49. The van der Waals surface area contributed by atoms with E-state index in [-0.39, 0.29) is 6.04 Å². The highest BCUT2D eigenvalue weighted by molar-refractivity contribution is 5.33. The Hall–Kier alpha value is -1.81. The molecule has 1 heterocycles. The molecule has 0 spiro atoms. The van der Waals surface area contributed by atoms with Crippen LogP contribution in [-0.4, -0.2) is 16.7 Å². The smallest absolute Gasteiger partial charge is 0.122 e. The number of hydrogen-bond donors (Lipinski definition) is 1. The van der Waals surface area contributed by atoms with Crippen LogP contribution in [0.1, 0.15) is 30.6 Å². The fourth-order valence-electron chi connectivity index (χ4n) is 2.19. The zero-order valence-corrected chi connectivity index (χ0v) is 11.5. The van der Waals surface area contributed by atoms with Gasteiger partial charge >= 0.3 is 0 Å². The van der Waals surface area contributed by atoms with E-state index in [2.05, 4.69) is 22.5 Å². The molecule has 0 amide bonds. The van der Waals surface area contributed by atoms with Gasteiger partial charge in [-0.2, -0.15) is 0 Å². The minimum atomic E-state index is 0.0557. The first-order valence-electron chi connectivity index (χ1n) is 6.63. The molecule has 0 aliphatic carbocycles. The number of aromatic nitrogens is 2. The van der Waals surface area contributed by atoms with Gasteiger partial charge in [-0.15, -0.1) is 0 Å². The topological polar surface area (TPSA) is 53.1 Å². The molecule has 0 bridgehead atoms. The molecule has 0 fully saturated rings. The lowest BCUT2D eigenvalue weighted by Gasteiger charge is -2.14. The fourth-order valence-corrected chi connectivity index (χ4v) is 2.19. The molecule has 4 nitrogen and oxygen atoms in total. The normalized spacial score (nSPS) is 12.4. The van der Waals surface area contributed by atoms with Crippen LogP contribution in [0.5, 0.6) is 5.75 Å². The number of benzene rings is 1. The molecule has 1 atom stereocenters. The van der Waals surface area contributed by atoms with Gasteiger partial charge in [-0.1, -0.05) is 25.1 Å². The Morgan fingerprint density at radius 1 is 1.37 bits per heavy atom. The summed E-state index contributed by atoms with van der Waals surface area (Å²) >= 11 is 0. The third-order valence-electron chi connectivity index (χ3n) is 3.38. The van der Waals surface area contributed by atoms with E-state index in [0.717, 1.165) is 30.8 Å². The number of imidazole rings is 1. The van der Waals surface area contributed by atoms with Crippen molar-refractivity contribution in [2.24, 2.45) is 5.73 Å². The van der Waals surface area contributed by atoms with E-state index >= 15 is 0 Å². The molecule has 102 valence electrons. The molecule has 4 heteroatoms. The standard InChI is InChI=1S/C15H21N3O/c1-3-13(16)14-10-17-11-18(14)9-8-12-6-4-5-7-15(12)19-2/h4-7,10-11,13H,3,8-9,16H2,1-2H3/t13-/m1/s1. The van der Waals surface area contributed by atoms with Gasteiger partial charge < -0.3 is 15.0 Å². The van der Waals surface area contributed by atoms with Crippen LogP contribution in [0.2, 0.25) is 0 Å². The van der Waals surface area contributed by atoms with Crippen molar-refractivity contribution < 1.29 is 4.74 Å². The average Bonchev–Trinajstić information content (AvgIpc) is 2.93. The largest absolute Gasteiger partial charge is 0.496 e. The Labute approximate surface area is 114 Å². The second-order valence-corrected chi connectivity index (χ2v) is 4.59. The first-order chi connectivity index (χ1) is 9.26. The quantitative estimate of drug-likeness (QED) is 0.867. The summed E-state index contributed by atoms with van der Waals surface area (Å²) in [6, 6.07) is 8.15. The van der Waals surface area contributed by atoms with Crippen molar-refractivity contribution in [1.29, 1.82) is 0 Å². The zero-order chi connectivity index (χ0) is 13.7. The van der Waals surface area contributed by atoms with Gasteiger partial charge in [0.15, 0.2) is 0 Å². The molecular weight excluding hydrogens is 238 g/mol. The van der Waals surface area contributed by atoms with Crippen LogP contribution >= 0.6 is 0 Å². The van der Waals surface area contributed by atoms with Gasteiger partial charge in [0.25, 0.3) is 0 Å². The van der Waals surface area contributed by atoms with Crippen molar-refractivity contribution in [3.05, 3.63) is 48.0 Å². The fraction of sp³-hybridized carbons (Fsp3) is 0.400. The highest BCUT2D eigenvalue weighted by Gasteiger charge is 2.10. The third kappa shape index (κ3) is 3.15. The molecule has 0 unspecified atom stereocenters. The Morgan fingerprint density at radius 2 is 2.16 bits per heavy atom. The molecule has 1 aromatic heterocycles. The van der Waals surface area contributed by atoms with Gasteiger partial charge in [0, 0.05) is 18.8 Å². The summed E-state index contributed by atoms with van der Waals surface area (Å²) in [5, 5.41) is 0. The van der Waals surface area contributed by atoms with E-state index in [9.17, 15) is 0 Å². The van der Waals surface area contributed by atoms with Crippen molar-refractivity contribution in [2.75, 3.05) is 7.11 Å². The van der Waals surface area contributed by atoms with E-state index in [1.807, 2.05) is 30.7 Å². The van der Waals surface area contributed by atoms with Crippen molar-refractivity contribution in [3.8, 4) is 5.75 Å². The monoisotopic (exact) mass is 259 g/mol. The van der Waals surface area contributed by atoms with Crippen molar-refractivity contribution >= 4 is 0 Å². The van der Waals surface area contributed by atoms with Gasteiger partial charge in [0.2, 0.25) is 0 Å². The summed E-state index contributed by atoms with van der Waals surface area (Å²) in [5.41, 5.74) is 8.38. The average molecular weight is 259 g/mol. The first-order valence-corrected chi connectivity index (χ1v) is 6.63. The number of nitrogens with zero attached hydrogens (tertiary/aromatic N) is 2.